The maximum atomic E-state index is 12.2. The van der Waals surface area contributed by atoms with Crippen molar-refractivity contribution in [1.82, 2.24) is 4.90 Å². The van der Waals surface area contributed by atoms with Crippen LogP contribution >= 0.6 is 0 Å². The van der Waals surface area contributed by atoms with Crippen molar-refractivity contribution in [2.24, 2.45) is 0 Å². The van der Waals surface area contributed by atoms with Crippen molar-refractivity contribution in [2.75, 3.05) is 32.6 Å². The summed E-state index contributed by atoms with van der Waals surface area (Å²) in [7, 11) is 0. The van der Waals surface area contributed by atoms with Crippen LogP contribution in [0, 0.1) is 0 Å². The van der Waals surface area contributed by atoms with Crippen LogP contribution in [-0.2, 0) is 4.74 Å². The Morgan fingerprint density at radius 2 is 1.48 bits per heavy atom. The summed E-state index contributed by atoms with van der Waals surface area (Å²) in [4.78, 5) is 11.9. The average molecular weight is 362 g/mol. The molecule has 23 heavy (non-hydrogen) atoms. The zero-order valence-electron chi connectivity index (χ0n) is 11.4. The fourth-order valence-corrected chi connectivity index (χ4v) is 2.03. The summed E-state index contributed by atoms with van der Waals surface area (Å²) >= 11 is 0. The third-order valence-corrected chi connectivity index (χ3v) is 3.06. The van der Waals surface area contributed by atoms with Crippen molar-refractivity contribution < 1.29 is 53.7 Å². The predicted molar refractivity (Wildman–Crippen MR) is 58.6 cm³/mol. The van der Waals surface area contributed by atoms with Crippen LogP contribution in [0.5, 0.6) is 0 Å². The van der Waals surface area contributed by atoms with E-state index >= 15 is 0 Å². The Bertz CT molecular complexity index is 401. The molecule has 0 aromatic rings. The zero-order chi connectivity index (χ0) is 18.1. The molecule has 0 aromatic carbocycles. The molecule has 14 heteroatoms. The van der Waals surface area contributed by atoms with E-state index in [2.05, 4.69) is 4.74 Å². The molecule has 0 atom stereocenters. The topological polar surface area (TPSA) is 34.0 Å². The maximum absolute atomic E-state index is 12.2. The summed E-state index contributed by atoms with van der Waals surface area (Å²) in [6.07, 6.45) is -18.9. The lowest BCUT2D eigenvalue weighted by molar-refractivity contribution is -0.895. The first kappa shape index (κ1) is 19.7. The summed E-state index contributed by atoms with van der Waals surface area (Å²) in [5, 5.41) is 0. The fraction of sp³-hybridized carbons (Fsp3) is 0.889. The molecule has 1 rings (SSSR count). The van der Waals surface area contributed by atoms with Crippen molar-refractivity contribution in [1.29, 1.82) is 0 Å². The van der Waals surface area contributed by atoms with Crippen LogP contribution in [0.25, 0.3) is 0 Å². The van der Waals surface area contributed by atoms with Gasteiger partial charge in [0.25, 0.3) is 6.10 Å². The first-order chi connectivity index (χ1) is 10.2. The van der Waals surface area contributed by atoms with E-state index in [0.717, 1.165) is 0 Å². The van der Waals surface area contributed by atoms with Gasteiger partial charge in [-0.3, -0.25) is 4.90 Å². The summed E-state index contributed by atoms with van der Waals surface area (Å²) in [5.41, 5.74) is 0. The number of piperazine rings is 1. The van der Waals surface area contributed by atoms with E-state index in [0.29, 0.717) is 4.90 Å². The van der Waals surface area contributed by atoms with Crippen LogP contribution in [0.4, 0.5) is 44.1 Å². The Labute approximate surface area is 124 Å². The van der Waals surface area contributed by atoms with Gasteiger partial charge in [0, 0.05) is 0 Å². The number of nitrogens with zero attached hydrogens (tertiary/aromatic N) is 1. The normalized spacial score (nSPS) is 18.4. The van der Waals surface area contributed by atoms with Gasteiger partial charge in [-0.2, -0.15) is 26.3 Å². The van der Waals surface area contributed by atoms with Crippen LogP contribution < -0.4 is 4.90 Å². The SMILES string of the molecule is O=C(OC(C(F)(F)F)C(F)(F)F)N1CC[NH+](C[B-](F)(F)F)CC1. The van der Waals surface area contributed by atoms with E-state index in [1.165, 1.54) is 0 Å². The summed E-state index contributed by atoms with van der Waals surface area (Å²) in [6, 6.07) is 0. The van der Waals surface area contributed by atoms with Crippen LogP contribution in [0.3, 0.4) is 0 Å². The number of ether oxygens (including phenoxy) is 1. The lowest BCUT2D eigenvalue weighted by atomic mass is 9.91. The molecule has 1 heterocycles. The second-order valence-electron chi connectivity index (χ2n) is 5.00. The highest BCUT2D eigenvalue weighted by atomic mass is 19.4. The first-order valence-electron chi connectivity index (χ1n) is 6.33. The van der Waals surface area contributed by atoms with E-state index in [-0.39, 0.29) is 18.0 Å². The second kappa shape index (κ2) is 6.65. The van der Waals surface area contributed by atoms with Gasteiger partial charge in [0.1, 0.15) is 0 Å². The number of hydrogen-bond acceptors (Lipinski definition) is 2. The minimum absolute atomic E-state index is 0.0461. The van der Waals surface area contributed by atoms with Gasteiger partial charge in [0.15, 0.2) is 0 Å². The quantitative estimate of drug-likeness (QED) is 0.605. The van der Waals surface area contributed by atoms with Gasteiger partial charge in [0.2, 0.25) is 0 Å². The van der Waals surface area contributed by atoms with Gasteiger partial charge in [-0.25, -0.2) is 4.79 Å². The molecule has 0 aliphatic carbocycles. The Balaban J connectivity index is 2.60. The number of amides is 1. The fourth-order valence-electron chi connectivity index (χ4n) is 2.03. The monoisotopic (exact) mass is 362 g/mol. The minimum Gasteiger partial charge on any atom is -0.445 e. The molecule has 1 N–H and O–H groups in total. The third kappa shape index (κ3) is 6.35. The van der Waals surface area contributed by atoms with E-state index in [4.69, 9.17) is 0 Å². The van der Waals surface area contributed by atoms with Crippen molar-refractivity contribution >= 4 is 13.1 Å². The van der Waals surface area contributed by atoms with Crippen molar-refractivity contribution in [3.05, 3.63) is 0 Å². The number of carbonyl (C=O) groups is 1. The number of alkyl halides is 6. The van der Waals surface area contributed by atoms with Gasteiger partial charge in [-0.15, -0.1) is 0 Å². The molecule has 0 radical (unpaired) electrons. The molecular weight excluding hydrogens is 350 g/mol. The number of hydrogen-bond donors (Lipinski definition) is 1. The molecular formula is C9H12BF9N2O2. The van der Waals surface area contributed by atoms with Gasteiger partial charge in [-0.05, 0) is 0 Å². The number of nitrogens with one attached hydrogen (secondary N) is 1. The van der Waals surface area contributed by atoms with Crippen LogP contribution in [-0.4, -0.2) is 69.1 Å². The standard InChI is InChI=1S/C9H11BF9N2O2/c11-8(12,13)6(9(14,15)16)23-7(22)21-3-1-20(2-4-21)5-10(17,18)19/h6H,1-5H2/q-1/p+1. The van der Waals surface area contributed by atoms with Crippen molar-refractivity contribution in [3.63, 3.8) is 0 Å². The molecule has 1 fully saturated rings. The second-order valence-corrected chi connectivity index (χ2v) is 5.00. The van der Waals surface area contributed by atoms with Gasteiger partial charge < -0.3 is 22.6 Å². The molecule has 1 saturated heterocycles. The highest BCUT2D eigenvalue weighted by Gasteiger charge is 2.60. The lowest BCUT2D eigenvalue weighted by Gasteiger charge is -2.34. The molecule has 136 valence electrons. The Morgan fingerprint density at radius 3 is 1.83 bits per heavy atom. The van der Waals surface area contributed by atoms with Crippen molar-refractivity contribution in [2.45, 2.75) is 18.5 Å². The van der Waals surface area contributed by atoms with Crippen molar-refractivity contribution in [3.8, 4) is 0 Å². The van der Waals surface area contributed by atoms with Crippen LogP contribution in [0.2, 0.25) is 0 Å². The highest BCUT2D eigenvalue weighted by molar-refractivity contribution is 6.58. The van der Waals surface area contributed by atoms with E-state index in [1.54, 1.807) is 0 Å². The van der Waals surface area contributed by atoms with E-state index in [1.807, 2.05) is 0 Å². The summed E-state index contributed by atoms with van der Waals surface area (Å²) in [6.45, 7) is -6.44. The van der Waals surface area contributed by atoms with E-state index in [9.17, 15) is 44.1 Å². The number of quaternary nitrogens is 1. The highest BCUT2D eigenvalue weighted by Crippen LogP contribution is 2.36. The van der Waals surface area contributed by atoms with Gasteiger partial charge >= 0.3 is 25.4 Å². The largest absolute Gasteiger partial charge is 0.531 e. The first-order valence-corrected chi connectivity index (χ1v) is 6.33. The molecule has 0 unspecified atom stereocenters. The molecule has 0 bridgehead atoms. The molecule has 0 saturated carbocycles. The third-order valence-electron chi connectivity index (χ3n) is 3.06. The maximum Gasteiger partial charge on any atom is 0.531 e. The molecule has 0 aromatic heterocycles. The van der Waals surface area contributed by atoms with E-state index < -0.39 is 51.1 Å². The molecule has 4 nitrogen and oxygen atoms in total. The number of halogens is 9. The smallest absolute Gasteiger partial charge is 0.445 e. The Morgan fingerprint density at radius 1 is 1.04 bits per heavy atom. The van der Waals surface area contributed by atoms with Gasteiger partial charge in [0.05, 0.1) is 32.6 Å². The lowest BCUT2D eigenvalue weighted by Crippen LogP contribution is -3.16. The van der Waals surface area contributed by atoms with Crippen LogP contribution in [0.1, 0.15) is 0 Å². The average Bonchev–Trinajstić information content (AvgIpc) is 2.31. The summed E-state index contributed by atoms with van der Waals surface area (Å²) < 4.78 is 114. The number of carbonyl (C=O) groups excluding carboxylic acids is 1. The van der Waals surface area contributed by atoms with Crippen LogP contribution in [0.15, 0.2) is 0 Å². The Kier molecular flexibility index (Phi) is 5.70. The van der Waals surface area contributed by atoms with Gasteiger partial charge in [-0.1, -0.05) is 0 Å². The zero-order valence-corrected chi connectivity index (χ0v) is 11.4. The Hall–Kier alpha value is -1.34. The molecule has 1 amide bonds. The predicted octanol–water partition coefficient (Wildman–Crippen LogP) is 1.20. The molecule has 1 aliphatic rings. The molecule has 0 spiro atoms. The summed E-state index contributed by atoms with van der Waals surface area (Å²) in [5.74, 6) is 0. The minimum atomic E-state index is -5.83. The molecule has 1 aliphatic heterocycles. The number of rotatable bonds is 3.